The Morgan fingerprint density at radius 3 is 2.15 bits per heavy atom. The number of carboxylic acid groups (broad SMARTS) is 1. The lowest BCUT2D eigenvalue weighted by Gasteiger charge is -2.17. The monoisotopic (exact) mass is 562 g/mol. The van der Waals surface area contributed by atoms with Gasteiger partial charge in [0.2, 0.25) is 11.5 Å². The molecule has 14 N–H and O–H groups in total. The predicted molar refractivity (Wildman–Crippen MR) is 143 cm³/mol. The van der Waals surface area contributed by atoms with Crippen molar-refractivity contribution >= 4 is 51.8 Å². The predicted octanol–water partition coefficient (Wildman–Crippen LogP) is 0.292. The van der Waals surface area contributed by atoms with Gasteiger partial charge in [-0.15, -0.1) is 0 Å². The Balaban J connectivity index is 1.72. The van der Waals surface area contributed by atoms with Gasteiger partial charge in [-0.25, -0.2) is 9.97 Å². The van der Waals surface area contributed by atoms with Crippen LogP contribution in [0.15, 0.2) is 17.1 Å². The Bertz CT molecular complexity index is 1480. The van der Waals surface area contributed by atoms with E-state index in [1.807, 2.05) is 0 Å². The number of hydrogen-bond donors (Lipinski definition) is 10. The molecule has 1 amide bonds. The number of nitrogens with zero attached hydrogens (tertiary/aromatic N) is 3. The summed E-state index contributed by atoms with van der Waals surface area (Å²) in [6.07, 6.45) is 1.08. The number of carbonyl (C=O) groups excluding carboxylic acids is 1. The van der Waals surface area contributed by atoms with Crippen LogP contribution in [0.1, 0.15) is 34.5 Å². The molecule has 0 fully saturated rings. The minimum Gasteiger partial charge on any atom is -0.504 e. The first-order valence-corrected chi connectivity index (χ1v) is 11.8. The van der Waals surface area contributed by atoms with Crippen LogP contribution < -0.4 is 28.3 Å². The molecule has 1 heterocycles. The largest absolute Gasteiger partial charge is 0.504 e. The van der Waals surface area contributed by atoms with Gasteiger partial charge in [0.05, 0.1) is 0 Å². The van der Waals surface area contributed by atoms with Gasteiger partial charge in [-0.2, -0.15) is 0 Å². The number of aromatic nitrogens is 2. The molecule has 2 aromatic carbocycles. The minimum absolute atomic E-state index is 0.0212. The SMILES string of the molecule is NC(=NCCCCc1ccc(C[C@H](N)C(=O)O)c2c(O)c(O)c(O)c(O)c12)NC(=O)c1nc(Cl)c(N)nc1N. The fraction of sp³-hybridized carbons (Fsp3) is 0.261. The summed E-state index contributed by atoms with van der Waals surface area (Å²) in [5, 5.41) is 52.4. The van der Waals surface area contributed by atoms with Crippen LogP contribution in [-0.2, 0) is 17.6 Å². The normalized spacial score (nSPS) is 12.4. The lowest BCUT2D eigenvalue weighted by molar-refractivity contribution is -0.138. The molecule has 0 aliphatic carbocycles. The zero-order chi connectivity index (χ0) is 29.0. The molecular formula is C23H27ClN8O7. The van der Waals surface area contributed by atoms with E-state index in [2.05, 4.69) is 20.3 Å². The second-order valence-corrected chi connectivity index (χ2v) is 8.85. The van der Waals surface area contributed by atoms with Crippen molar-refractivity contribution < 1.29 is 35.1 Å². The van der Waals surface area contributed by atoms with Gasteiger partial charge in [0.1, 0.15) is 6.04 Å². The average Bonchev–Trinajstić information content (AvgIpc) is 2.88. The summed E-state index contributed by atoms with van der Waals surface area (Å²) in [5.74, 6) is -5.87. The number of aliphatic carboxylic acids is 1. The van der Waals surface area contributed by atoms with E-state index < -0.39 is 40.9 Å². The number of carbonyl (C=O) groups is 2. The molecule has 3 rings (SSSR count). The molecule has 1 aromatic heterocycles. The highest BCUT2D eigenvalue weighted by Gasteiger charge is 2.24. The molecule has 0 bridgehead atoms. The summed E-state index contributed by atoms with van der Waals surface area (Å²) in [5.41, 5.74) is 23.0. The van der Waals surface area contributed by atoms with Gasteiger partial charge < -0.3 is 48.5 Å². The second kappa shape index (κ2) is 11.7. The van der Waals surface area contributed by atoms with Gasteiger partial charge >= 0.3 is 5.97 Å². The summed E-state index contributed by atoms with van der Waals surface area (Å²) in [7, 11) is 0. The molecule has 0 saturated carbocycles. The van der Waals surface area contributed by atoms with Gasteiger partial charge in [0.25, 0.3) is 5.91 Å². The fourth-order valence-electron chi connectivity index (χ4n) is 3.84. The number of anilines is 2. The first-order chi connectivity index (χ1) is 18.3. The van der Waals surface area contributed by atoms with Crippen molar-refractivity contribution in [3.05, 3.63) is 34.1 Å². The van der Waals surface area contributed by atoms with E-state index in [1.54, 1.807) is 6.07 Å². The van der Waals surface area contributed by atoms with Crippen LogP contribution in [0, 0.1) is 0 Å². The molecule has 208 valence electrons. The highest BCUT2D eigenvalue weighted by molar-refractivity contribution is 6.31. The Morgan fingerprint density at radius 2 is 1.54 bits per heavy atom. The fourth-order valence-corrected chi connectivity index (χ4v) is 3.97. The number of phenolic OH excluding ortho intramolecular Hbond substituents is 4. The minimum atomic E-state index is -1.30. The van der Waals surface area contributed by atoms with E-state index in [4.69, 9.17) is 39.6 Å². The summed E-state index contributed by atoms with van der Waals surface area (Å²) in [4.78, 5) is 35.1. The Kier molecular flexibility index (Phi) is 8.67. The van der Waals surface area contributed by atoms with Crippen molar-refractivity contribution in [1.29, 1.82) is 0 Å². The van der Waals surface area contributed by atoms with Crippen molar-refractivity contribution in [3.63, 3.8) is 0 Å². The summed E-state index contributed by atoms with van der Waals surface area (Å²) >= 11 is 5.77. The van der Waals surface area contributed by atoms with E-state index in [0.29, 0.717) is 24.8 Å². The molecule has 39 heavy (non-hydrogen) atoms. The standard InChI is InChI=1S/C23H27ClN8O7/c24-18-20(27)31-19(26)13(30-18)21(37)32-23(28)29-6-2-1-3-8-4-5-9(7-10(25)22(38)39)12-11(8)14(33)16(35)17(36)15(12)34/h4-5,10,33-36H,1-3,6-7,25H2,(H,38,39)(H4,26,27,31)(H3,28,29,32,37)/t10-/m0/s1. The highest BCUT2D eigenvalue weighted by atomic mass is 35.5. The number of phenols is 4. The third-order valence-corrected chi connectivity index (χ3v) is 6.06. The number of hydrogen-bond acceptors (Lipinski definition) is 12. The molecule has 0 aliphatic heterocycles. The van der Waals surface area contributed by atoms with Crippen molar-refractivity contribution in [2.75, 3.05) is 18.0 Å². The Morgan fingerprint density at radius 1 is 0.949 bits per heavy atom. The third kappa shape index (κ3) is 6.22. The zero-order valence-electron chi connectivity index (χ0n) is 20.3. The maximum absolute atomic E-state index is 12.3. The van der Waals surface area contributed by atoms with Crippen molar-refractivity contribution in [3.8, 4) is 23.0 Å². The lowest BCUT2D eigenvalue weighted by atomic mass is 9.91. The first kappa shape index (κ1) is 28.8. The summed E-state index contributed by atoms with van der Waals surface area (Å²) in [6.45, 7) is 0.197. The third-order valence-electron chi connectivity index (χ3n) is 5.78. The average molecular weight is 563 g/mol. The number of benzene rings is 2. The van der Waals surface area contributed by atoms with Crippen LogP contribution >= 0.6 is 11.6 Å². The molecule has 1 atom stereocenters. The maximum Gasteiger partial charge on any atom is 0.320 e. The number of aromatic hydroxyl groups is 4. The molecule has 0 radical (unpaired) electrons. The van der Waals surface area contributed by atoms with Gasteiger partial charge in [-0.05, 0) is 36.8 Å². The van der Waals surface area contributed by atoms with Crippen LogP contribution in [0.2, 0.25) is 5.15 Å². The van der Waals surface area contributed by atoms with Crippen molar-refractivity contribution in [2.24, 2.45) is 16.5 Å². The molecule has 0 aliphatic rings. The van der Waals surface area contributed by atoms with Crippen LogP contribution in [0.4, 0.5) is 11.6 Å². The molecule has 16 heteroatoms. The van der Waals surface area contributed by atoms with Crippen LogP contribution in [0.3, 0.4) is 0 Å². The number of guanidine groups is 1. The highest BCUT2D eigenvalue weighted by Crippen LogP contribution is 2.50. The molecule has 0 saturated heterocycles. The molecule has 0 spiro atoms. The topological polar surface area (TPSA) is 290 Å². The van der Waals surface area contributed by atoms with Gasteiger partial charge in [-0.3, -0.25) is 19.9 Å². The Labute approximate surface area is 225 Å². The van der Waals surface area contributed by atoms with Crippen LogP contribution in [0.5, 0.6) is 23.0 Å². The number of nitrogens with two attached hydrogens (primary N) is 4. The number of aliphatic imine (C=N–C) groups is 1. The Hall–Kier alpha value is -4.76. The van der Waals surface area contributed by atoms with Gasteiger partial charge in [0, 0.05) is 17.3 Å². The molecule has 15 nitrogen and oxygen atoms in total. The number of rotatable bonds is 9. The van der Waals surface area contributed by atoms with Crippen LogP contribution in [-0.4, -0.2) is 65.9 Å². The van der Waals surface area contributed by atoms with E-state index in [1.165, 1.54) is 6.07 Å². The number of unbranched alkanes of at least 4 members (excludes halogenated alkanes) is 1. The van der Waals surface area contributed by atoms with E-state index in [-0.39, 0.29) is 57.7 Å². The molecule has 3 aromatic rings. The van der Waals surface area contributed by atoms with E-state index in [0.717, 1.165) is 0 Å². The number of nitrogens with one attached hydrogen (secondary N) is 1. The number of nitrogen functional groups attached to an aromatic ring is 2. The lowest BCUT2D eigenvalue weighted by Crippen LogP contribution is -2.38. The zero-order valence-corrected chi connectivity index (χ0v) is 21.1. The van der Waals surface area contributed by atoms with E-state index in [9.17, 15) is 30.0 Å². The second-order valence-electron chi connectivity index (χ2n) is 8.49. The van der Waals surface area contributed by atoms with Crippen molar-refractivity contribution in [2.45, 2.75) is 31.7 Å². The number of fused-ring (bicyclic) bond motifs is 1. The van der Waals surface area contributed by atoms with Crippen molar-refractivity contribution in [1.82, 2.24) is 15.3 Å². The number of amides is 1. The number of halogens is 1. The van der Waals surface area contributed by atoms with Crippen LogP contribution in [0.25, 0.3) is 10.8 Å². The first-order valence-electron chi connectivity index (χ1n) is 11.4. The molecular weight excluding hydrogens is 536 g/mol. The van der Waals surface area contributed by atoms with Gasteiger partial charge in [0.15, 0.2) is 39.9 Å². The summed E-state index contributed by atoms with van der Waals surface area (Å²) in [6, 6.07) is 1.82. The van der Waals surface area contributed by atoms with E-state index >= 15 is 0 Å². The van der Waals surface area contributed by atoms with Gasteiger partial charge in [-0.1, -0.05) is 23.7 Å². The quantitative estimate of drug-likeness (QED) is 0.0552. The summed E-state index contributed by atoms with van der Waals surface area (Å²) < 4.78 is 0. The number of carboxylic acids is 1. The number of aryl methyl sites for hydroxylation is 1. The smallest absolute Gasteiger partial charge is 0.320 e. The molecule has 0 unspecified atom stereocenters. The maximum atomic E-state index is 12.3.